The second-order valence-corrected chi connectivity index (χ2v) is 5.39. The zero-order chi connectivity index (χ0) is 13.2. The lowest BCUT2D eigenvalue weighted by atomic mass is 10.3. The van der Waals surface area contributed by atoms with Crippen LogP contribution in [0.4, 0.5) is 0 Å². The summed E-state index contributed by atoms with van der Waals surface area (Å²) in [6.45, 7) is 0.346. The summed E-state index contributed by atoms with van der Waals surface area (Å²) in [4.78, 5) is 11.6. The molecule has 1 aliphatic carbocycles. The number of rotatable bonds is 4. The largest absolute Gasteiger partial charge is 0.348 e. The van der Waals surface area contributed by atoms with Crippen molar-refractivity contribution in [3.63, 3.8) is 0 Å². The molecule has 0 aliphatic heterocycles. The number of hydrogen-bond acceptors (Lipinski definition) is 4. The molecule has 1 N–H and O–H groups in total. The number of nitrogens with one attached hydrogen (secondary N) is 1. The molecule has 0 saturated heterocycles. The highest BCUT2D eigenvalue weighted by Gasteiger charge is 2.29. The van der Waals surface area contributed by atoms with Gasteiger partial charge in [-0.3, -0.25) is 4.79 Å². The van der Waals surface area contributed by atoms with Crippen molar-refractivity contribution in [2.24, 2.45) is 5.92 Å². The number of benzene rings is 1. The normalized spacial score (nSPS) is 14.4. The van der Waals surface area contributed by atoms with Gasteiger partial charge in [0.1, 0.15) is 0 Å². The summed E-state index contributed by atoms with van der Waals surface area (Å²) in [5.41, 5.74) is 0.865. The zero-order valence-corrected chi connectivity index (χ0v) is 11.7. The minimum absolute atomic E-state index is 0.0883. The first-order chi connectivity index (χ1) is 9.24. The Morgan fingerprint density at radius 3 is 2.79 bits per heavy atom. The van der Waals surface area contributed by atoms with Crippen LogP contribution in [0, 0.1) is 5.92 Å². The van der Waals surface area contributed by atoms with E-state index < -0.39 is 0 Å². The molecule has 1 amide bonds. The molecule has 1 aliphatic rings. The van der Waals surface area contributed by atoms with Crippen LogP contribution in [0.5, 0.6) is 0 Å². The van der Waals surface area contributed by atoms with Gasteiger partial charge in [-0.1, -0.05) is 15.9 Å². The molecule has 0 atom stereocenters. The van der Waals surface area contributed by atoms with Crippen LogP contribution in [0.25, 0.3) is 5.69 Å². The van der Waals surface area contributed by atoms with E-state index in [1.807, 2.05) is 24.3 Å². The van der Waals surface area contributed by atoms with Crippen LogP contribution in [-0.4, -0.2) is 26.1 Å². The molecular formula is C12H12BrN5O. The molecule has 0 spiro atoms. The fraction of sp³-hybridized carbons (Fsp3) is 0.333. The van der Waals surface area contributed by atoms with Crippen LogP contribution >= 0.6 is 15.9 Å². The van der Waals surface area contributed by atoms with Gasteiger partial charge in [-0.25, -0.2) is 0 Å². The predicted octanol–water partition coefficient (Wildman–Crippen LogP) is 1.45. The molecule has 7 heteroatoms. The summed E-state index contributed by atoms with van der Waals surface area (Å²) >= 11 is 3.38. The van der Waals surface area contributed by atoms with Crippen molar-refractivity contribution < 1.29 is 4.79 Å². The first-order valence-electron chi connectivity index (χ1n) is 6.05. The van der Waals surface area contributed by atoms with Crippen LogP contribution < -0.4 is 5.32 Å². The molecule has 19 heavy (non-hydrogen) atoms. The number of halogens is 1. The Morgan fingerprint density at radius 1 is 1.37 bits per heavy atom. The summed E-state index contributed by atoms with van der Waals surface area (Å²) in [7, 11) is 0. The lowest BCUT2D eigenvalue weighted by Gasteiger charge is -2.05. The van der Waals surface area contributed by atoms with Crippen LogP contribution in [0.3, 0.4) is 0 Å². The summed E-state index contributed by atoms with van der Waals surface area (Å²) in [6.07, 6.45) is 1.98. The van der Waals surface area contributed by atoms with Crippen molar-refractivity contribution in [3.05, 3.63) is 34.6 Å². The number of carbonyl (C=O) groups excluding carboxylic acids is 1. The highest BCUT2D eigenvalue weighted by molar-refractivity contribution is 9.10. The summed E-state index contributed by atoms with van der Waals surface area (Å²) in [6, 6.07) is 7.66. The molecule has 1 saturated carbocycles. The van der Waals surface area contributed by atoms with Crippen LogP contribution in [-0.2, 0) is 11.3 Å². The number of aromatic nitrogens is 4. The second kappa shape index (κ2) is 5.08. The van der Waals surface area contributed by atoms with Crippen molar-refractivity contribution in [3.8, 4) is 5.69 Å². The second-order valence-electron chi connectivity index (χ2n) is 4.48. The Balaban J connectivity index is 1.74. The summed E-state index contributed by atoms with van der Waals surface area (Å²) < 4.78 is 2.62. The Kier molecular flexibility index (Phi) is 3.29. The lowest BCUT2D eigenvalue weighted by molar-refractivity contribution is -0.122. The number of tetrazole rings is 1. The van der Waals surface area contributed by atoms with Gasteiger partial charge in [-0.2, -0.15) is 4.68 Å². The molecule has 3 rings (SSSR count). The van der Waals surface area contributed by atoms with E-state index >= 15 is 0 Å². The van der Waals surface area contributed by atoms with Crippen LogP contribution in [0.1, 0.15) is 18.7 Å². The molecule has 1 fully saturated rings. The van der Waals surface area contributed by atoms with E-state index in [0.717, 1.165) is 23.0 Å². The van der Waals surface area contributed by atoms with Crippen LogP contribution in [0.2, 0.25) is 0 Å². The third-order valence-corrected chi connectivity index (χ3v) is 3.50. The molecular weight excluding hydrogens is 310 g/mol. The summed E-state index contributed by atoms with van der Waals surface area (Å²) in [5, 5.41) is 14.4. The van der Waals surface area contributed by atoms with Gasteiger partial charge in [-0.05, 0) is 47.5 Å². The van der Waals surface area contributed by atoms with E-state index in [-0.39, 0.29) is 11.8 Å². The van der Waals surface area contributed by atoms with E-state index in [2.05, 4.69) is 36.8 Å². The molecule has 0 radical (unpaired) electrons. The zero-order valence-electron chi connectivity index (χ0n) is 10.1. The molecule has 0 bridgehead atoms. The standard InChI is InChI=1S/C12H12BrN5O/c13-9-3-5-10(6-4-9)18-11(15-16-17-18)7-14-12(19)8-1-2-8/h3-6,8H,1-2,7H2,(H,14,19). The quantitative estimate of drug-likeness (QED) is 0.925. The van der Waals surface area contributed by atoms with Crippen molar-refractivity contribution in [1.82, 2.24) is 25.5 Å². The Morgan fingerprint density at radius 2 is 2.11 bits per heavy atom. The first-order valence-corrected chi connectivity index (χ1v) is 6.84. The Hall–Kier alpha value is -1.76. The molecule has 6 nitrogen and oxygen atoms in total. The van der Waals surface area contributed by atoms with Gasteiger partial charge in [0.15, 0.2) is 5.82 Å². The highest BCUT2D eigenvalue weighted by atomic mass is 79.9. The van der Waals surface area contributed by atoms with Crippen molar-refractivity contribution >= 4 is 21.8 Å². The number of amides is 1. The monoisotopic (exact) mass is 321 g/mol. The van der Waals surface area contributed by atoms with Gasteiger partial charge in [0, 0.05) is 10.4 Å². The first kappa shape index (κ1) is 12.3. The van der Waals surface area contributed by atoms with Crippen molar-refractivity contribution in [2.45, 2.75) is 19.4 Å². The van der Waals surface area contributed by atoms with Gasteiger partial charge in [0.25, 0.3) is 0 Å². The number of hydrogen-bond donors (Lipinski definition) is 1. The maximum Gasteiger partial charge on any atom is 0.223 e. The van der Waals surface area contributed by atoms with E-state index in [0.29, 0.717) is 12.4 Å². The van der Waals surface area contributed by atoms with Gasteiger partial charge in [-0.15, -0.1) is 5.10 Å². The molecule has 2 aromatic rings. The number of nitrogens with zero attached hydrogens (tertiary/aromatic N) is 4. The average Bonchev–Trinajstić information content (AvgIpc) is 3.16. The third kappa shape index (κ3) is 2.81. The molecule has 1 aromatic carbocycles. The molecule has 0 unspecified atom stereocenters. The van der Waals surface area contributed by atoms with Crippen molar-refractivity contribution in [2.75, 3.05) is 0 Å². The van der Waals surface area contributed by atoms with E-state index in [4.69, 9.17) is 0 Å². The maximum atomic E-state index is 11.6. The minimum atomic E-state index is 0.0883. The van der Waals surface area contributed by atoms with E-state index in [1.165, 1.54) is 0 Å². The maximum absolute atomic E-state index is 11.6. The Labute approximate surface area is 118 Å². The van der Waals surface area contributed by atoms with Gasteiger partial charge < -0.3 is 5.32 Å². The van der Waals surface area contributed by atoms with Crippen molar-refractivity contribution in [1.29, 1.82) is 0 Å². The molecule has 98 valence electrons. The molecule has 1 heterocycles. The predicted molar refractivity (Wildman–Crippen MR) is 71.4 cm³/mol. The highest BCUT2D eigenvalue weighted by Crippen LogP contribution is 2.28. The average molecular weight is 322 g/mol. The third-order valence-electron chi connectivity index (χ3n) is 2.97. The SMILES string of the molecule is O=C(NCc1nnnn1-c1ccc(Br)cc1)C1CC1. The van der Waals surface area contributed by atoms with Gasteiger partial charge in [0.2, 0.25) is 5.91 Å². The van der Waals surface area contributed by atoms with E-state index in [9.17, 15) is 4.79 Å². The number of carbonyl (C=O) groups is 1. The Bertz CT molecular complexity index is 590. The minimum Gasteiger partial charge on any atom is -0.348 e. The summed E-state index contributed by atoms with van der Waals surface area (Å²) in [5.74, 6) is 0.902. The molecule has 1 aromatic heterocycles. The van der Waals surface area contributed by atoms with Gasteiger partial charge in [0.05, 0.1) is 12.2 Å². The topological polar surface area (TPSA) is 72.7 Å². The fourth-order valence-corrected chi connectivity index (χ4v) is 2.02. The lowest BCUT2D eigenvalue weighted by Crippen LogP contribution is -2.25. The fourth-order valence-electron chi connectivity index (χ4n) is 1.75. The van der Waals surface area contributed by atoms with E-state index in [1.54, 1.807) is 4.68 Å². The smallest absolute Gasteiger partial charge is 0.223 e. The van der Waals surface area contributed by atoms with Crippen LogP contribution in [0.15, 0.2) is 28.7 Å². The van der Waals surface area contributed by atoms with Gasteiger partial charge >= 0.3 is 0 Å².